The lowest BCUT2D eigenvalue weighted by Crippen LogP contribution is -2.29. The number of benzene rings is 1. The molecule has 3 rings (SSSR count). The van der Waals surface area contributed by atoms with Crippen LogP contribution in [0.5, 0.6) is 0 Å². The predicted molar refractivity (Wildman–Crippen MR) is 84.9 cm³/mol. The van der Waals surface area contributed by atoms with Crippen molar-refractivity contribution in [3.05, 3.63) is 24.5 Å². The van der Waals surface area contributed by atoms with Crippen molar-refractivity contribution >= 4 is 26.6 Å². The second kappa shape index (κ2) is 5.81. The molecule has 1 saturated heterocycles. The molecule has 2 aromatic rings. The van der Waals surface area contributed by atoms with E-state index in [9.17, 15) is 8.42 Å². The summed E-state index contributed by atoms with van der Waals surface area (Å²) in [7, 11) is -1.32. The lowest BCUT2D eigenvalue weighted by molar-refractivity contribution is 0.116. The second-order valence-electron chi connectivity index (χ2n) is 5.66. The summed E-state index contributed by atoms with van der Waals surface area (Å²) in [4.78, 5) is 10.8. The first kappa shape index (κ1) is 15.2. The number of aromatic nitrogens is 2. The van der Waals surface area contributed by atoms with Crippen molar-refractivity contribution in [2.75, 3.05) is 31.4 Å². The van der Waals surface area contributed by atoms with Gasteiger partial charge in [0.25, 0.3) is 0 Å². The molecule has 7 heteroatoms. The number of fused-ring (bicyclic) bond motifs is 1. The normalized spacial score (nSPS) is 18.7. The number of hydrogen-bond donors (Lipinski definition) is 0. The van der Waals surface area contributed by atoms with Crippen molar-refractivity contribution in [2.45, 2.75) is 23.8 Å². The van der Waals surface area contributed by atoms with Crippen molar-refractivity contribution in [2.24, 2.45) is 0 Å². The maximum atomic E-state index is 11.8. The number of nitrogens with zero attached hydrogens (tertiary/aromatic N) is 3. The van der Waals surface area contributed by atoms with Crippen LogP contribution in [0.25, 0.3) is 10.9 Å². The lowest BCUT2D eigenvalue weighted by Gasteiger charge is -2.22. The highest BCUT2D eigenvalue weighted by atomic mass is 32.2. The summed E-state index contributed by atoms with van der Waals surface area (Å²) in [6.07, 6.45) is 5.04. The average molecular weight is 321 g/mol. The van der Waals surface area contributed by atoms with E-state index in [1.807, 2.05) is 11.9 Å². The molecule has 0 radical (unpaired) electrons. The summed E-state index contributed by atoms with van der Waals surface area (Å²) in [6, 6.07) is 4.94. The van der Waals surface area contributed by atoms with Crippen LogP contribution in [-0.2, 0) is 14.6 Å². The fourth-order valence-electron chi connectivity index (χ4n) is 2.74. The van der Waals surface area contributed by atoms with Gasteiger partial charge in [-0.05, 0) is 31.0 Å². The van der Waals surface area contributed by atoms with Crippen LogP contribution in [-0.4, -0.2) is 50.9 Å². The van der Waals surface area contributed by atoms with Gasteiger partial charge in [0.05, 0.1) is 16.5 Å². The molecule has 118 valence electrons. The molecular weight excluding hydrogens is 302 g/mol. The van der Waals surface area contributed by atoms with Gasteiger partial charge in [0.1, 0.15) is 12.1 Å². The van der Waals surface area contributed by atoms with Gasteiger partial charge in [-0.1, -0.05) is 0 Å². The Hall–Kier alpha value is -1.73. The zero-order valence-electron chi connectivity index (χ0n) is 12.7. The average Bonchev–Trinajstić information content (AvgIpc) is 2.98. The van der Waals surface area contributed by atoms with Crippen LogP contribution in [0.15, 0.2) is 29.4 Å². The number of anilines is 1. The summed E-state index contributed by atoms with van der Waals surface area (Å²) in [6.45, 7) is 1.54. The van der Waals surface area contributed by atoms with E-state index in [4.69, 9.17) is 4.74 Å². The predicted octanol–water partition coefficient (Wildman–Crippen LogP) is 1.65. The summed E-state index contributed by atoms with van der Waals surface area (Å²) >= 11 is 0. The van der Waals surface area contributed by atoms with Crippen LogP contribution in [0.4, 0.5) is 5.82 Å². The Morgan fingerprint density at radius 3 is 2.86 bits per heavy atom. The molecule has 0 amide bonds. The van der Waals surface area contributed by atoms with E-state index in [1.165, 1.54) is 12.6 Å². The first-order valence-electron chi connectivity index (χ1n) is 7.23. The molecule has 2 heterocycles. The Bertz CT molecular complexity index is 786. The van der Waals surface area contributed by atoms with Crippen molar-refractivity contribution < 1.29 is 13.2 Å². The van der Waals surface area contributed by atoms with E-state index in [1.54, 1.807) is 18.2 Å². The minimum absolute atomic E-state index is 0.202. The molecule has 0 saturated carbocycles. The fourth-order valence-corrected chi connectivity index (χ4v) is 3.38. The maximum absolute atomic E-state index is 11.8. The Morgan fingerprint density at radius 2 is 2.18 bits per heavy atom. The highest BCUT2D eigenvalue weighted by Crippen LogP contribution is 2.26. The van der Waals surface area contributed by atoms with Crippen LogP contribution in [0, 0.1) is 0 Å². The third-order valence-electron chi connectivity index (χ3n) is 3.88. The number of ether oxygens (including phenoxy) is 1. The maximum Gasteiger partial charge on any atom is 0.175 e. The van der Waals surface area contributed by atoms with Crippen LogP contribution in [0.1, 0.15) is 12.8 Å². The Labute approximate surface area is 130 Å². The zero-order valence-corrected chi connectivity index (χ0v) is 13.5. The molecule has 1 atom stereocenters. The van der Waals surface area contributed by atoms with Crippen molar-refractivity contribution in [1.29, 1.82) is 0 Å². The highest BCUT2D eigenvalue weighted by molar-refractivity contribution is 7.90. The molecule has 0 bridgehead atoms. The molecule has 0 spiro atoms. The molecule has 1 aliphatic rings. The smallest absolute Gasteiger partial charge is 0.175 e. The highest BCUT2D eigenvalue weighted by Gasteiger charge is 2.20. The van der Waals surface area contributed by atoms with Crippen LogP contribution in [0.2, 0.25) is 0 Å². The first-order valence-corrected chi connectivity index (χ1v) is 9.12. The molecule has 1 aromatic heterocycles. The van der Waals surface area contributed by atoms with Gasteiger partial charge in [0.15, 0.2) is 9.84 Å². The third kappa shape index (κ3) is 3.05. The topological polar surface area (TPSA) is 72.4 Å². The van der Waals surface area contributed by atoms with Gasteiger partial charge in [0.2, 0.25) is 0 Å². The van der Waals surface area contributed by atoms with Gasteiger partial charge in [-0.2, -0.15) is 0 Å². The van der Waals surface area contributed by atoms with Gasteiger partial charge in [-0.3, -0.25) is 0 Å². The van der Waals surface area contributed by atoms with Gasteiger partial charge in [-0.25, -0.2) is 18.4 Å². The van der Waals surface area contributed by atoms with Crippen LogP contribution < -0.4 is 4.90 Å². The van der Waals surface area contributed by atoms with E-state index in [-0.39, 0.29) is 11.0 Å². The number of hydrogen-bond acceptors (Lipinski definition) is 6. The Balaban J connectivity index is 2.00. The number of sulfone groups is 1. The van der Waals surface area contributed by atoms with E-state index in [0.717, 1.165) is 42.7 Å². The van der Waals surface area contributed by atoms with Crippen LogP contribution >= 0.6 is 0 Å². The van der Waals surface area contributed by atoms with E-state index in [2.05, 4.69) is 9.97 Å². The number of likely N-dealkylation sites (N-methyl/N-ethyl adjacent to an activating group) is 1. The molecular formula is C15H19N3O3S. The molecule has 1 aliphatic heterocycles. The molecule has 1 fully saturated rings. The fraction of sp³-hybridized carbons (Fsp3) is 0.467. The summed E-state index contributed by atoms with van der Waals surface area (Å²) in [5, 5.41) is 0.742. The molecule has 6 nitrogen and oxygen atoms in total. The zero-order chi connectivity index (χ0) is 15.7. The quantitative estimate of drug-likeness (QED) is 0.852. The van der Waals surface area contributed by atoms with Gasteiger partial charge >= 0.3 is 0 Å². The van der Waals surface area contributed by atoms with Gasteiger partial charge < -0.3 is 9.64 Å². The summed E-state index contributed by atoms with van der Waals surface area (Å²) < 4.78 is 29.2. The Morgan fingerprint density at radius 1 is 1.36 bits per heavy atom. The molecule has 1 aromatic carbocycles. The van der Waals surface area contributed by atoms with E-state index >= 15 is 0 Å². The van der Waals surface area contributed by atoms with E-state index < -0.39 is 9.84 Å². The van der Waals surface area contributed by atoms with E-state index in [0.29, 0.717) is 0 Å². The molecule has 0 aliphatic carbocycles. The second-order valence-corrected chi connectivity index (χ2v) is 7.68. The van der Waals surface area contributed by atoms with Gasteiger partial charge in [0, 0.05) is 31.8 Å². The minimum atomic E-state index is -3.26. The lowest BCUT2D eigenvalue weighted by atomic mass is 10.2. The third-order valence-corrected chi connectivity index (χ3v) is 4.99. The largest absolute Gasteiger partial charge is 0.376 e. The minimum Gasteiger partial charge on any atom is -0.376 e. The molecule has 22 heavy (non-hydrogen) atoms. The summed E-state index contributed by atoms with van der Waals surface area (Å²) in [5.41, 5.74) is 0.733. The van der Waals surface area contributed by atoms with Crippen molar-refractivity contribution in [3.63, 3.8) is 0 Å². The Kier molecular flexibility index (Phi) is 4.01. The van der Waals surface area contributed by atoms with Gasteiger partial charge in [-0.15, -0.1) is 0 Å². The van der Waals surface area contributed by atoms with Crippen LogP contribution in [0.3, 0.4) is 0 Å². The molecule has 0 N–H and O–H groups in total. The molecule has 1 unspecified atom stereocenters. The first-order chi connectivity index (χ1) is 10.4. The van der Waals surface area contributed by atoms with Crippen molar-refractivity contribution in [1.82, 2.24) is 9.97 Å². The monoisotopic (exact) mass is 321 g/mol. The standard InChI is InChI=1S/C15H19N3O3S/c1-18(9-11-4-3-7-21-11)15-13-8-12(22(2,19)20)5-6-14(13)16-10-17-15/h5-6,8,10-11H,3-4,7,9H2,1-2H3. The van der Waals surface area contributed by atoms with Crippen molar-refractivity contribution in [3.8, 4) is 0 Å². The SMILES string of the molecule is CN(CC1CCCO1)c1ncnc2ccc(S(C)(=O)=O)cc12. The number of rotatable bonds is 4. The summed E-state index contributed by atoms with van der Waals surface area (Å²) in [5.74, 6) is 0.728.